The highest BCUT2D eigenvalue weighted by atomic mass is 16.3. The summed E-state index contributed by atoms with van der Waals surface area (Å²) in [4.78, 5) is 0. The Morgan fingerprint density at radius 3 is 2.35 bits per heavy atom. The normalized spacial score (nSPS) is 30.5. The maximum absolute atomic E-state index is 11.4. The third-order valence-electron chi connectivity index (χ3n) is 5.68. The van der Waals surface area contributed by atoms with Crippen molar-refractivity contribution in [3.8, 4) is 6.07 Å². The van der Waals surface area contributed by atoms with Gasteiger partial charge < -0.3 is 5.11 Å². The van der Waals surface area contributed by atoms with Crippen LogP contribution < -0.4 is 0 Å². The molecule has 1 fully saturated rings. The molecule has 106 valence electrons. The van der Waals surface area contributed by atoms with Crippen molar-refractivity contribution in [2.24, 2.45) is 10.8 Å². The van der Waals surface area contributed by atoms with E-state index in [1.807, 2.05) is 18.2 Å². The van der Waals surface area contributed by atoms with Crippen molar-refractivity contribution in [1.82, 2.24) is 0 Å². The van der Waals surface area contributed by atoms with Crippen LogP contribution in [0.4, 0.5) is 0 Å². The fourth-order valence-corrected chi connectivity index (χ4v) is 4.06. The van der Waals surface area contributed by atoms with Gasteiger partial charge in [0.1, 0.15) is 5.60 Å². The van der Waals surface area contributed by atoms with Crippen LogP contribution in [-0.2, 0) is 12.0 Å². The van der Waals surface area contributed by atoms with Crippen molar-refractivity contribution in [1.29, 1.82) is 5.26 Å². The molecule has 0 radical (unpaired) electrons. The Hall–Kier alpha value is -1.33. The van der Waals surface area contributed by atoms with Crippen LogP contribution in [0.15, 0.2) is 24.3 Å². The highest BCUT2D eigenvalue weighted by Gasteiger charge is 2.56. The SMILES string of the molecule is CC1(C)CCC(C#N)(C2(O)CCc3ccccc32)CC1. The van der Waals surface area contributed by atoms with E-state index >= 15 is 0 Å². The first-order valence-corrected chi connectivity index (χ1v) is 7.65. The van der Waals surface area contributed by atoms with E-state index in [-0.39, 0.29) is 0 Å². The number of aliphatic hydroxyl groups is 1. The predicted molar refractivity (Wildman–Crippen MR) is 79.0 cm³/mol. The van der Waals surface area contributed by atoms with Gasteiger partial charge in [-0.3, -0.25) is 0 Å². The lowest BCUT2D eigenvalue weighted by molar-refractivity contribution is -0.0900. The summed E-state index contributed by atoms with van der Waals surface area (Å²) in [5, 5.41) is 21.2. The molecule has 2 aliphatic carbocycles. The molecule has 1 unspecified atom stereocenters. The van der Waals surface area contributed by atoms with E-state index in [2.05, 4.69) is 26.0 Å². The maximum Gasteiger partial charge on any atom is 0.109 e. The summed E-state index contributed by atoms with van der Waals surface area (Å²) in [6.45, 7) is 4.53. The molecule has 0 amide bonds. The van der Waals surface area contributed by atoms with Crippen molar-refractivity contribution in [3.05, 3.63) is 35.4 Å². The summed E-state index contributed by atoms with van der Waals surface area (Å²) in [5.74, 6) is 0. The first-order valence-electron chi connectivity index (χ1n) is 7.65. The molecule has 0 aliphatic heterocycles. The van der Waals surface area contributed by atoms with Crippen LogP contribution in [0.2, 0.25) is 0 Å². The van der Waals surface area contributed by atoms with Crippen LogP contribution in [0.3, 0.4) is 0 Å². The number of hydrogen-bond donors (Lipinski definition) is 1. The minimum absolute atomic E-state index is 0.300. The Bertz CT molecular complexity index is 559. The molecule has 0 saturated heterocycles. The molecule has 1 saturated carbocycles. The summed E-state index contributed by atoms with van der Waals surface area (Å²) in [7, 11) is 0. The number of nitrogens with zero attached hydrogens (tertiary/aromatic N) is 1. The van der Waals surface area contributed by atoms with Crippen LogP contribution in [0.5, 0.6) is 0 Å². The number of aryl methyl sites for hydroxylation is 1. The van der Waals surface area contributed by atoms with E-state index in [1.165, 1.54) is 5.56 Å². The van der Waals surface area contributed by atoms with E-state index in [0.29, 0.717) is 11.8 Å². The zero-order valence-electron chi connectivity index (χ0n) is 12.4. The van der Waals surface area contributed by atoms with Gasteiger partial charge in [-0.05, 0) is 55.1 Å². The lowest BCUT2D eigenvalue weighted by atomic mass is 9.57. The standard InChI is InChI=1S/C18H23NO/c1-16(2)9-11-17(13-19,12-10-16)18(20)8-7-14-5-3-4-6-15(14)18/h3-6,20H,7-12H2,1-2H3. The zero-order chi connectivity index (χ0) is 14.4. The molecule has 20 heavy (non-hydrogen) atoms. The second-order valence-corrected chi connectivity index (χ2v) is 7.38. The Kier molecular flexibility index (Phi) is 2.95. The van der Waals surface area contributed by atoms with Gasteiger partial charge in [0.2, 0.25) is 0 Å². The minimum atomic E-state index is -0.950. The molecule has 2 nitrogen and oxygen atoms in total. The Morgan fingerprint density at radius 2 is 1.70 bits per heavy atom. The quantitative estimate of drug-likeness (QED) is 0.839. The average Bonchev–Trinajstić information content (AvgIpc) is 2.79. The van der Waals surface area contributed by atoms with Gasteiger partial charge in [-0.15, -0.1) is 0 Å². The summed E-state index contributed by atoms with van der Waals surface area (Å²) >= 11 is 0. The van der Waals surface area contributed by atoms with Crippen LogP contribution in [-0.4, -0.2) is 5.11 Å². The van der Waals surface area contributed by atoms with Gasteiger partial charge in [0.25, 0.3) is 0 Å². The number of fused-ring (bicyclic) bond motifs is 1. The molecule has 0 heterocycles. The lowest BCUT2D eigenvalue weighted by Crippen LogP contribution is -2.47. The summed E-state index contributed by atoms with van der Waals surface area (Å²) in [5.41, 5.74) is 0.967. The van der Waals surface area contributed by atoms with Gasteiger partial charge in [0.05, 0.1) is 11.5 Å². The molecular weight excluding hydrogens is 246 g/mol. The van der Waals surface area contributed by atoms with E-state index < -0.39 is 11.0 Å². The van der Waals surface area contributed by atoms with Crippen molar-refractivity contribution in [3.63, 3.8) is 0 Å². The molecule has 1 aromatic rings. The molecule has 1 atom stereocenters. The number of benzene rings is 1. The zero-order valence-corrected chi connectivity index (χ0v) is 12.4. The Morgan fingerprint density at radius 1 is 1.05 bits per heavy atom. The second kappa shape index (κ2) is 4.33. The van der Waals surface area contributed by atoms with Crippen LogP contribution in [0, 0.1) is 22.2 Å². The molecule has 3 rings (SSSR count). The monoisotopic (exact) mass is 269 g/mol. The molecule has 1 N–H and O–H groups in total. The summed E-state index contributed by atoms with van der Waals surface area (Å²) in [6, 6.07) is 10.6. The Balaban J connectivity index is 2.01. The lowest BCUT2D eigenvalue weighted by Gasteiger charge is -2.47. The number of rotatable bonds is 1. The van der Waals surface area contributed by atoms with Crippen molar-refractivity contribution in [2.75, 3.05) is 0 Å². The van der Waals surface area contributed by atoms with Crippen LogP contribution >= 0.6 is 0 Å². The molecule has 0 aromatic heterocycles. The van der Waals surface area contributed by atoms with Gasteiger partial charge in [-0.2, -0.15) is 5.26 Å². The summed E-state index contributed by atoms with van der Waals surface area (Å²) < 4.78 is 0. The van der Waals surface area contributed by atoms with Gasteiger partial charge in [0, 0.05) is 0 Å². The average molecular weight is 269 g/mol. The van der Waals surface area contributed by atoms with Gasteiger partial charge in [-0.25, -0.2) is 0 Å². The minimum Gasteiger partial charge on any atom is -0.383 e. The van der Waals surface area contributed by atoms with Crippen LogP contribution in [0.1, 0.15) is 57.1 Å². The molecule has 0 bridgehead atoms. The topological polar surface area (TPSA) is 44.0 Å². The van der Waals surface area contributed by atoms with Crippen molar-refractivity contribution in [2.45, 2.75) is 58.0 Å². The third-order valence-corrected chi connectivity index (χ3v) is 5.68. The maximum atomic E-state index is 11.4. The van der Waals surface area contributed by atoms with Crippen molar-refractivity contribution >= 4 is 0 Å². The van der Waals surface area contributed by atoms with Crippen LogP contribution in [0.25, 0.3) is 0 Å². The van der Waals surface area contributed by atoms with Gasteiger partial charge in [0.15, 0.2) is 0 Å². The third kappa shape index (κ3) is 1.80. The highest BCUT2D eigenvalue weighted by molar-refractivity contribution is 5.41. The number of hydrogen-bond acceptors (Lipinski definition) is 2. The number of nitriles is 1. The largest absolute Gasteiger partial charge is 0.383 e. The smallest absolute Gasteiger partial charge is 0.109 e. The summed E-state index contributed by atoms with van der Waals surface area (Å²) in [6.07, 6.45) is 5.23. The van der Waals surface area contributed by atoms with Crippen molar-refractivity contribution < 1.29 is 5.11 Å². The molecular formula is C18H23NO. The predicted octanol–water partition coefficient (Wildman–Crippen LogP) is 3.93. The Labute approximate surface area is 121 Å². The van der Waals surface area contributed by atoms with Gasteiger partial charge in [-0.1, -0.05) is 38.1 Å². The molecule has 2 heteroatoms. The van der Waals surface area contributed by atoms with E-state index in [9.17, 15) is 10.4 Å². The molecule has 0 spiro atoms. The fraction of sp³-hybridized carbons (Fsp3) is 0.611. The fourth-order valence-electron chi connectivity index (χ4n) is 4.06. The van der Waals surface area contributed by atoms with E-state index in [0.717, 1.165) is 37.7 Å². The van der Waals surface area contributed by atoms with E-state index in [1.54, 1.807) is 0 Å². The molecule has 2 aliphatic rings. The molecule has 1 aromatic carbocycles. The second-order valence-electron chi connectivity index (χ2n) is 7.38. The van der Waals surface area contributed by atoms with Gasteiger partial charge >= 0.3 is 0 Å². The first-order chi connectivity index (χ1) is 9.43. The van der Waals surface area contributed by atoms with E-state index in [4.69, 9.17) is 0 Å². The highest BCUT2D eigenvalue weighted by Crippen LogP contribution is 2.57. The first kappa shape index (κ1) is 13.6.